The van der Waals surface area contributed by atoms with Crippen LogP contribution >= 0.6 is 11.6 Å². The molecule has 0 fully saturated rings. The summed E-state index contributed by atoms with van der Waals surface area (Å²) < 4.78 is 13.1. The molecular formula is C15H11ClFN3. The first-order chi connectivity index (χ1) is 9.65. The van der Waals surface area contributed by atoms with Crippen molar-refractivity contribution in [1.82, 2.24) is 4.98 Å². The van der Waals surface area contributed by atoms with Gasteiger partial charge in [-0.25, -0.2) is 4.39 Å². The predicted molar refractivity (Wildman–Crippen MR) is 80.8 cm³/mol. The summed E-state index contributed by atoms with van der Waals surface area (Å²) in [7, 11) is 0. The Morgan fingerprint density at radius 1 is 1.10 bits per heavy atom. The number of nitrogen functional groups attached to an aromatic ring is 1. The molecule has 3 rings (SSSR count). The fourth-order valence-electron chi connectivity index (χ4n) is 2.03. The molecule has 0 aliphatic heterocycles. The molecule has 100 valence electrons. The molecule has 0 saturated heterocycles. The summed E-state index contributed by atoms with van der Waals surface area (Å²) >= 11 is 6.14. The number of benzene rings is 2. The zero-order chi connectivity index (χ0) is 14.1. The Hall–Kier alpha value is -2.33. The summed E-state index contributed by atoms with van der Waals surface area (Å²) in [6, 6.07) is 11.5. The quantitative estimate of drug-likeness (QED) is 0.689. The number of fused-ring (bicyclic) bond motifs is 1. The van der Waals surface area contributed by atoms with Crippen molar-refractivity contribution < 1.29 is 4.39 Å². The molecule has 0 bridgehead atoms. The minimum absolute atomic E-state index is 0.337. The van der Waals surface area contributed by atoms with Gasteiger partial charge in [0.15, 0.2) is 0 Å². The summed E-state index contributed by atoms with van der Waals surface area (Å²) in [5.74, 6) is -0.368. The maximum atomic E-state index is 13.1. The topological polar surface area (TPSA) is 50.9 Å². The van der Waals surface area contributed by atoms with Crippen molar-refractivity contribution in [3.05, 3.63) is 59.5 Å². The van der Waals surface area contributed by atoms with Gasteiger partial charge in [0.2, 0.25) is 0 Å². The van der Waals surface area contributed by atoms with E-state index in [1.807, 2.05) is 18.2 Å². The molecule has 3 N–H and O–H groups in total. The summed E-state index contributed by atoms with van der Waals surface area (Å²) in [6.07, 6.45) is 1.69. The van der Waals surface area contributed by atoms with Gasteiger partial charge in [0.1, 0.15) is 5.82 Å². The van der Waals surface area contributed by atoms with Crippen molar-refractivity contribution in [3.63, 3.8) is 0 Å². The monoisotopic (exact) mass is 287 g/mol. The highest BCUT2D eigenvalue weighted by atomic mass is 35.5. The van der Waals surface area contributed by atoms with E-state index in [-0.39, 0.29) is 5.82 Å². The molecule has 0 unspecified atom stereocenters. The Morgan fingerprint density at radius 3 is 2.70 bits per heavy atom. The number of nitrogens with one attached hydrogen (secondary N) is 1. The van der Waals surface area contributed by atoms with E-state index in [0.29, 0.717) is 16.4 Å². The third kappa shape index (κ3) is 2.26. The number of pyridine rings is 1. The van der Waals surface area contributed by atoms with Crippen LogP contribution in [-0.2, 0) is 0 Å². The van der Waals surface area contributed by atoms with E-state index >= 15 is 0 Å². The van der Waals surface area contributed by atoms with Crippen LogP contribution in [0.3, 0.4) is 0 Å². The molecule has 0 amide bonds. The minimum Gasteiger partial charge on any atom is -0.397 e. The Balaban J connectivity index is 2.09. The molecule has 2 aromatic carbocycles. The number of rotatable bonds is 2. The van der Waals surface area contributed by atoms with Gasteiger partial charge in [-0.1, -0.05) is 11.6 Å². The van der Waals surface area contributed by atoms with Crippen LogP contribution in [0.2, 0.25) is 5.02 Å². The highest BCUT2D eigenvalue weighted by Crippen LogP contribution is 2.31. The molecule has 0 spiro atoms. The summed E-state index contributed by atoms with van der Waals surface area (Å²) in [4.78, 5) is 4.32. The maximum Gasteiger partial charge on any atom is 0.125 e. The van der Waals surface area contributed by atoms with E-state index in [2.05, 4.69) is 10.3 Å². The number of halogens is 2. The van der Waals surface area contributed by atoms with E-state index in [4.69, 9.17) is 17.3 Å². The van der Waals surface area contributed by atoms with E-state index in [9.17, 15) is 4.39 Å². The average Bonchev–Trinajstić information content (AvgIpc) is 2.45. The first-order valence-electron chi connectivity index (χ1n) is 6.00. The van der Waals surface area contributed by atoms with Gasteiger partial charge in [-0.3, -0.25) is 4.98 Å². The number of hydrogen-bond donors (Lipinski definition) is 2. The van der Waals surface area contributed by atoms with Crippen LogP contribution in [0.15, 0.2) is 48.7 Å². The molecule has 5 heteroatoms. The standard InChI is InChI=1S/C15H11ClFN3/c16-11-4-6-14(15-10(11)2-1-7-19-15)20-13-5-3-9(17)8-12(13)18/h1-8,20H,18H2. The molecule has 3 aromatic rings. The van der Waals surface area contributed by atoms with Gasteiger partial charge < -0.3 is 11.1 Å². The lowest BCUT2D eigenvalue weighted by atomic mass is 10.1. The average molecular weight is 288 g/mol. The van der Waals surface area contributed by atoms with Crippen LogP contribution < -0.4 is 11.1 Å². The molecule has 1 heterocycles. The highest BCUT2D eigenvalue weighted by molar-refractivity contribution is 6.35. The van der Waals surface area contributed by atoms with Gasteiger partial charge in [-0.15, -0.1) is 0 Å². The largest absolute Gasteiger partial charge is 0.397 e. The lowest BCUT2D eigenvalue weighted by Gasteiger charge is -2.12. The van der Waals surface area contributed by atoms with Crippen molar-refractivity contribution in [3.8, 4) is 0 Å². The molecule has 1 aromatic heterocycles. The molecule has 3 nitrogen and oxygen atoms in total. The van der Waals surface area contributed by atoms with E-state index in [0.717, 1.165) is 16.6 Å². The first kappa shape index (κ1) is 12.7. The zero-order valence-corrected chi connectivity index (χ0v) is 11.2. The van der Waals surface area contributed by atoms with Gasteiger partial charge >= 0.3 is 0 Å². The molecule has 0 radical (unpaired) electrons. The fourth-order valence-corrected chi connectivity index (χ4v) is 2.25. The minimum atomic E-state index is -0.368. The molecule has 20 heavy (non-hydrogen) atoms. The second-order valence-electron chi connectivity index (χ2n) is 4.35. The van der Waals surface area contributed by atoms with Crippen LogP contribution in [0, 0.1) is 5.82 Å². The lowest BCUT2D eigenvalue weighted by molar-refractivity contribution is 0.628. The molecule has 0 saturated carbocycles. The summed E-state index contributed by atoms with van der Waals surface area (Å²) in [6.45, 7) is 0. The second kappa shape index (κ2) is 4.98. The van der Waals surface area contributed by atoms with Crippen LogP contribution in [0.5, 0.6) is 0 Å². The third-order valence-electron chi connectivity index (χ3n) is 3.00. The number of hydrogen-bond acceptors (Lipinski definition) is 3. The van der Waals surface area contributed by atoms with Gasteiger partial charge in [0.05, 0.1) is 27.6 Å². The zero-order valence-electron chi connectivity index (χ0n) is 10.4. The van der Waals surface area contributed by atoms with Crippen molar-refractivity contribution in [2.75, 3.05) is 11.1 Å². The normalized spacial score (nSPS) is 10.7. The van der Waals surface area contributed by atoms with Crippen LogP contribution in [0.1, 0.15) is 0 Å². The van der Waals surface area contributed by atoms with Crippen LogP contribution in [0.4, 0.5) is 21.5 Å². The second-order valence-corrected chi connectivity index (χ2v) is 4.76. The van der Waals surface area contributed by atoms with Crippen molar-refractivity contribution in [2.24, 2.45) is 0 Å². The van der Waals surface area contributed by atoms with Crippen molar-refractivity contribution in [2.45, 2.75) is 0 Å². The Morgan fingerprint density at radius 2 is 1.90 bits per heavy atom. The van der Waals surface area contributed by atoms with Gasteiger partial charge in [-0.05, 0) is 42.5 Å². The Bertz CT molecular complexity index is 789. The summed E-state index contributed by atoms with van der Waals surface area (Å²) in [5, 5.41) is 4.63. The Labute approximate surface area is 120 Å². The number of anilines is 3. The summed E-state index contributed by atoms with van der Waals surface area (Å²) in [5.41, 5.74) is 8.26. The van der Waals surface area contributed by atoms with Gasteiger partial charge in [0, 0.05) is 11.6 Å². The Kier molecular flexibility index (Phi) is 3.16. The lowest BCUT2D eigenvalue weighted by Crippen LogP contribution is -1.98. The first-order valence-corrected chi connectivity index (χ1v) is 6.38. The van der Waals surface area contributed by atoms with E-state index < -0.39 is 0 Å². The molecule has 0 aliphatic carbocycles. The van der Waals surface area contributed by atoms with Crippen LogP contribution in [0.25, 0.3) is 10.9 Å². The van der Waals surface area contributed by atoms with Crippen molar-refractivity contribution in [1.29, 1.82) is 0 Å². The number of aromatic nitrogens is 1. The SMILES string of the molecule is Nc1cc(F)ccc1Nc1ccc(Cl)c2cccnc12. The maximum absolute atomic E-state index is 13.1. The van der Waals surface area contributed by atoms with Crippen LogP contribution in [-0.4, -0.2) is 4.98 Å². The molecular weight excluding hydrogens is 277 g/mol. The number of nitrogens with two attached hydrogens (primary N) is 1. The third-order valence-corrected chi connectivity index (χ3v) is 3.33. The van der Waals surface area contributed by atoms with E-state index in [1.165, 1.54) is 12.1 Å². The molecule has 0 atom stereocenters. The van der Waals surface area contributed by atoms with E-state index in [1.54, 1.807) is 18.3 Å². The fraction of sp³-hybridized carbons (Fsp3) is 0. The highest BCUT2D eigenvalue weighted by Gasteiger charge is 2.07. The van der Waals surface area contributed by atoms with Crippen molar-refractivity contribution >= 4 is 39.6 Å². The van der Waals surface area contributed by atoms with Gasteiger partial charge in [0.25, 0.3) is 0 Å². The predicted octanol–water partition coefficient (Wildman–Crippen LogP) is 4.35. The van der Waals surface area contributed by atoms with Gasteiger partial charge in [-0.2, -0.15) is 0 Å². The number of nitrogens with zero attached hydrogens (tertiary/aromatic N) is 1. The molecule has 0 aliphatic rings. The smallest absolute Gasteiger partial charge is 0.125 e.